The van der Waals surface area contributed by atoms with Gasteiger partial charge in [0.05, 0.1) is 37.1 Å². The highest BCUT2D eigenvalue weighted by atomic mass is 16.7. The number of fused-ring (bicyclic) bond motifs is 3. The summed E-state index contributed by atoms with van der Waals surface area (Å²) < 4.78 is 30.1. The van der Waals surface area contributed by atoms with E-state index in [2.05, 4.69) is 13.5 Å². The maximum absolute atomic E-state index is 14.3. The second-order valence-electron chi connectivity index (χ2n) is 17.3. The minimum atomic E-state index is -2.13. The third-order valence-corrected chi connectivity index (χ3v) is 13.0. The molecule has 3 heterocycles. The molecule has 318 valence electrons. The molecule has 2 bridgehead atoms. The number of carbonyl (C=O) groups excluding carboxylic acids is 3. The van der Waals surface area contributed by atoms with Crippen LogP contribution in [0.4, 0.5) is 0 Å². The smallest absolute Gasteiger partial charge is 0.323 e. The van der Waals surface area contributed by atoms with Crippen molar-refractivity contribution in [1.29, 1.82) is 0 Å². The van der Waals surface area contributed by atoms with Gasteiger partial charge in [0.1, 0.15) is 24.0 Å². The minimum absolute atomic E-state index is 0.0481. The van der Waals surface area contributed by atoms with E-state index >= 15 is 0 Å². The number of nitrogens with zero attached hydrogens (tertiary/aromatic N) is 1. The van der Waals surface area contributed by atoms with Crippen molar-refractivity contribution in [1.82, 2.24) is 4.90 Å². The summed E-state index contributed by atoms with van der Waals surface area (Å²) in [6.07, 6.45) is 6.88. The fourth-order valence-corrected chi connectivity index (χ4v) is 9.53. The van der Waals surface area contributed by atoms with Crippen molar-refractivity contribution < 1.29 is 53.4 Å². The zero-order valence-electron chi connectivity index (χ0n) is 35.2. The normalized spacial score (nSPS) is 41.8. The molecule has 0 spiro atoms. The minimum Gasteiger partial charge on any atom is -0.456 e. The zero-order chi connectivity index (χ0) is 41.3. The van der Waals surface area contributed by atoms with E-state index in [9.17, 15) is 29.7 Å². The molecular weight excluding hydrogens is 718 g/mol. The topological polar surface area (TPSA) is 161 Å². The average Bonchev–Trinajstić information content (AvgIpc) is 3.16. The molecule has 2 saturated heterocycles. The van der Waals surface area contributed by atoms with Gasteiger partial charge >= 0.3 is 5.97 Å². The van der Waals surface area contributed by atoms with E-state index < -0.39 is 78.0 Å². The number of aliphatic hydroxyl groups is 3. The van der Waals surface area contributed by atoms with Crippen LogP contribution in [0.3, 0.4) is 0 Å². The third-order valence-electron chi connectivity index (χ3n) is 13.0. The van der Waals surface area contributed by atoms with E-state index in [0.29, 0.717) is 51.5 Å². The van der Waals surface area contributed by atoms with Gasteiger partial charge in [-0.1, -0.05) is 51.0 Å². The Morgan fingerprint density at radius 3 is 2.29 bits per heavy atom. The van der Waals surface area contributed by atoms with Crippen LogP contribution in [0.1, 0.15) is 105 Å². The van der Waals surface area contributed by atoms with Crippen LogP contribution < -0.4 is 0 Å². The van der Waals surface area contributed by atoms with Crippen molar-refractivity contribution in [3.8, 4) is 0 Å². The van der Waals surface area contributed by atoms with Gasteiger partial charge in [0.15, 0.2) is 0 Å². The molecule has 4 rings (SSSR count). The Morgan fingerprint density at radius 1 is 0.946 bits per heavy atom. The summed E-state index contributed by atoms with van der Waals surface area (Å²) in [6, 6.07) is -0.770. The number of esters is 1. The van der Waals surface area contributed by atoms with Gasteiger partial charge in [-0.25, -0.2) is 0 Å². The quantitative estimate of drug-likeness (QED) is 0.231. The standard InChI is InChI=1S/C44H71NO11/c1-10-13-32-19-26(2)18-27(3)20-38(53-8)42-39(54-9)22-29(5)44(51,56-42)40(49)25-45-17-12-11-14-33(45)43(50)55-41(30(6)35(47)24-36(32)48)28(4)21-31-15-16-34(46)37(23-31)52-7/h10,19,21,27,29-35,37-39,41-42,46-47,51H,1,11-18,20,22-25H2,2-9H3/b26-19+,28-21+/t27-,29+,30+,31-,32?,33-,34+,35?,37+,38-,39-,41?,42?,44+/m0/s1. The molecule has 3 fully saturated rings. The Bertz CT molecular complexity index is 1400. The van der Waals surface area contributed by atoms with Crippen LogP contribution in [0.15, 0.2) is 36.0 Å². The summed E-state index contributed by atoms with van der Waals surface area (Å²) in [7, 11) is 4.77. The van der Waals surface area contributed by atoms with Crippen LogP contribution in [-0.2, 0) is 38.1 Å². The second-order valence-corrected chi connectivity index (χ2v) is 17.3. The molecule has 56 heavy (non-hydrogen) atoms. The van der Waals surface area contributed by atoms with Gasteiger partial charge in [0, 0.05) is 45.5 Å². The lowest BCUT2D eigenvalue weighted by molar-refractivity contribution is -0.304. The van der Waals surface area contributed by atoms with E-state index in [0.717, 1.165) is 30.4 Å². The predicted molar refractivity (Wildman–Crippen MR) is 212 cm³/mol. The van der Waals surface area contributed by atoms with Crippen LogP contribution in [0, 0.1) is 29.6 Å². The maximum atomic E-state index is 14.3. The van der Waals surface area contributed by atoms with Crippen LogP contribution >= 0.6 is 0 Å². The summed E-state index contributed by atoms with van der Waals surface area (Å²) in [5.41, 5.74) is 1.74. The van der Waals surface area contributed by atoms with Gasteiger partial charge in [-0.15, -0.1) is 6.58 Å². The summed E-state index contributed by atoms with van der Waals surface area (Å²) in [5, 5.41) is 34.2. The van der Waals surface area contributed by atoms with E-state index in [1.807, 2.05) is 26.0 Å². The van der Waals surface area contributed by atoms with E-state index in [-0.39, 0.29) is 36.7 Å². The van der Waals surface area contributed by atoms with Gasteiger partial charge < -0.3 is 39.0 Å². The number of carbonyl (C=O) groups is 3. The Morgan fingerprint density at radius 2 is 1.62 bits per heavy atom. The second kappa shape index (κ2) is 21.1. The number of hydrogen-bond donors (Lipinski definition) is 3. The first-order valence-electron chi connectivity index (χ1n) is 20.9. The number of methoxy groups -OCH3 is 3. The summed E-state index contributed by atoms with van der Waals surface area (Å²) in [4.78, 5) is 44.2. The fraction of sp³-hybridized carbons (Fsp3) is 0.795. The third kappa shape index (κ3) is 11.5. The lowest BCUT2D eigenvalue weighted by Gasteiger charge is -2.47. The zero-order valence-corrected chi connectivity index (χ0v) is 35.2. The number of aliphatic hydroxyl groups excluding tert-OH is 2. The average molecular weight is 790 g/mol. The van der Waals surface area contributed by atoms with E-state index in [1.54, 1.807) is 46.2 Å². The van der Waals surface area contributed by atoms with Crippen LogP contribution in [0.5, 0.6) is 0 Å². The molecule has 3 aliphatic heterocycles. The number of ketones is 2. The lowest BCUT2D eigenvalue weighted by atomic mass is 9.81. The maximum Gasteiger partial charge on any atom is 0.323 e. The SMILES string of the molecule is C=CCC1/C=C(\C)C[C@H](C)C[C@H](OC)C2O[C@@](O)(C(=O)CN3CCCC[C@H]3C(=O)OC(/C(C)=C/[C@@H]3CC[C@@H](O)[C@H](OC)C3)[C@H](C)C(O)CC1=O)[C@H](C)C[C@@H]2OC. The number of piperidine rings is 1. The van der Waals surface area contributed by atoms with Crippen molar-refractivity contribution >= 4 is 17.5 Å². The summed E-state index contributed by atoms with van der Waals surface area (Å²) >= 11 is 0. The largest absolute Gasteiger partial charge is 0.456 e. The van der Waals surface area contributed by atoms with Gasteiger partial charge in [-0.05, 0) is 95.6 Å². The van der Waals surface area contributed by atoms with Crippen molar-refractivity contribution in [2.24, 2.45) is 29.6 Å². The first-order chi connectivity index (χ1) is 26.6. The number of Topliss-reactive ketones (excluding diaryl/α,β-unsaturated/α-hetero) is 2. The van der Waals surface area contributed by atoms with Gasteiger partial charge in [-0.2, -0.15) is 0 Å². The van der Waals surface area contributed by atoms with Crippen molar-refractivity contribution in [3.63, 3.8) is 0 Å². The summed E-state index contributed by atoms with van der Waals surface area (Å²) in [6.45, 7) is 13.6. The van der Waals surface area contributed by atoms with E-state index in [1.165, 1.54) is 0 Å². The summed E-state index contributed by atoms with van der Waals surface area (Å²) in [5.74, 6) is -4.93. The number of ether oxygens (including phenoxy) is 5. The lowest BCUT2D eigenvalue weighted by Crippen LogP contribution is -2.63. The van der Waals surface area contributed by atoms with Gasteiger partial charge in [0.25, 0.3) is 0 Å². The van der Waals surface area contributed by atoms with Crippen LogP contribution in [0.2, 0.25) is 0 Å². The molecule has 14 atom stereocenters. The highest BCUT2D eigenvalue weighted by molar-refractivity contribution is 5.89. The number of hydrogen-bond acceptors (Lipinski definition) is 12. The van der Waals surface area contributed by atoms with Crippen molar-refractivity contribution in [3.05, 3.63) is 36.0 Å². The Hall–Kier alpha value is -2.29. The van der Waals surface area contributed by atoms with E-state index in [4.69, 9.17) is 23.7 Å². The molecule has 4 aliphatic rings. The fourth-order valence-electron chi connectivity index (χ4n) is 9.53. The Labute approximate surface area is 335 Å². The van der Waals surface area contributed by atoms with Crippen LogP contribution in [0.25, 0.3) is 0 Å². The highest BCUT2D eigenvalue weighted by Gasteiger charge is 2.54. The van der Waals surface area contributed by atoms with Crippen LogP contribution in [-0.4, -0.2) is 127 Å². The number of allylic oxidation sites excluding steroid dienone is 4. The molecule has 1 aliphatic carbocycles. The molecule has 0 aromatic heterocycles. The molecule has 0 amide bonds. The molecule has 0 radical (unpaired) electrons. The van der Waals surface area contributed by atoms with Crippen molar-refractivity contribution in [2.45, 2.75) is 160 Å². The van der Waals surface area contributed by atoms with Crippen molar-refractivity contribution in [2.75, 3.05) is 34.4 Å². The van der Waals surface area contributed by atoms with Gasteiger partial charge in [-0.3, -0.25) is 19.3 Å². The molecule has 1 saturated carbocycles. The number of cyclic esters (lactones) is 1. The first kappa shape index (κ1) is 46.4. The molecule has 12 nitrogen and oxygen atoms in total. The first-order valence-corrected chi connectivity index (χ1v) is 20.9. The predicted octanol–water partition coefficient (Wildman–Crippen LogP) is 5.11. The monoisotopic (exact) mass is 790 g/mol. The molecule has 4 unspecified atom stereocenters. The van der Waals surface area contributed by atoms with Gasteiger partial charge in [0.2, 0.25) is 11.6 Å². The number of rotatable bonds is 7. The Balaban J connectivity index is 1.74. The highest BCUT2D eigenvalue weighted by Crippen LogP contribution is 2.39. The molecule has 0 aromatic rings. The molecule has 12 heteroatoms. The molecule has 3 N–H and O–H groups in total. The Kier molecular flexibility index (Phi) is 17.5. The molecular formula is C44H71NO11. The molecule has 0 aromatic carbocycles.